The number of methoxy groups -OCH3 is 1. The van der Waals surface area contributed by atoms with Crippen LogP contribution in [0.3, 0.4) is 0 Å². The number of aromatic nitrogens is 1. The van der Waals surface area contributed by atoms with E-state index in [1.165, 1.54) is 0 Å². The van der Waals surface area contributed by atoms with E-state index in [2.05, 4.69) is 26.2 Å². The highest BCUT2D eigenvalue weighted by atomic mass is 32.1. The number of benzene rings is 2. The molecule has 1 aliphatic rings. The lowest BCUT2D eigenvalue weighted by molar-refractivity contribution is 0.0376. The van der Waals surface area contributed by atoms with Gasteiger partial charge in [0.1, 0.15) is 5.75 Å². The zero-order valence-electron chi connectivity index (χ0n) is 20.5. The summed E-state index contributed by atoms with van der Waals surface area (Å²) in [5, 5.41) is 5.07. The van der Waals surface area contributed by atoms with Crippen LogP contribution in [0, 0.1) is 6.92 Å². The Hall–Kier alpha value is -2.94. The fourth-order valence-corrected chi connectivity index (χ4v) is 4.50. The number of thiocarbonyl (C=S) groups is 1. The second kappa shape index (κ2) is 12.2. The number of ether oxygens (including phenoxy) is 2. The zero-order valence-corrected chi connectivity index (χ0v) is 21.3. The van der Waals surface area contributed by atoms with Crippen molar-refractivity contribution in [1.29, 1.82) is 0 Å². The van der Waals surface area contributed by atoms with E-state index < -0.39 is 0 Å². The van der Waals surface area contributed by atoms with Crippen molar-refractivity contribution in [3.05, 3.63) is 75.6 Å². The minimum Gasteiger partial charge on any atom is -0.497 e. The molecule has 0 radical (unpaired) electrons. The number of aromatic amines is 1. The van der Waals surface area contributed by atoms with Crippen LogP contribution in [0.15, 0.2) is 53.3 Å². The van der Waals surface area contributed by atoms with E-state index in [9.17, 15) is 4.79 Å². The molecule has 0 amide bonds. The second-order valence-corrected chi connectivity index (χ2v) is 9.34. The highest BCUT2D eigenvalue weighted by Crippen LogP contribution is 2.17. The second-order valence-electron chi connectivity index (χ2n) is 8.96. The Morgan fingerprint density at radius 3 is 2.66 bits per heavy atom. The molecule has 0 bridgehead atoms. The Morgan fingerprint density at radius 2 is 1.91 bits per heavy atom. The molecule has 2 N–H and O–H groups in total. The van der Waals surface area contributed by atoms with E-state index in [1.54, 1.807) is 7.11 Å². The molecule has 1 fully saturated rings. The number of pyridine rings is 1. The maximum atomic E-state index is 12.9. The average molecular weight is 495 g/mol. The fraction of sp³-hybridized carbons (Fsp3) is 0.407. The van der Waals surface area contributed by atoms with Crippen molar-refractivity contribution in [2.75, 3.05) is 46.5 Å². The van der Waals surface area contributed by atoms with Crippen molar-refractivity contribution in [2.45, 2.75) is 26.4 Å². The van der Waals surface area contributed by atoms with Crippen LogP contribution in [0.4, 0.5) is 0 Å². The number of aryl methyl sites for hydroxylation is 1. The van der Waals surface area contributed by atoms with Crippen molar-refractivity contribution in [3.8, 4) is 5.75 Å². The zero-order chi connectivity index (χ0) is 24.6. The lowest BCUT2D eigenvalue weighted by atomic mass is 10.1. The summed E-state index contributed by atoms with van der Waals surface area (Å²) >= 11 is 5.79. The molecular formula is C27H34N4O3S. The number of hydrogen-bond donors (Lipinski definition) is 2. The van der Waals surface area contributed by atoms with Crippen LogP contribution >= 0.6 is 12.2 Å². The van der Waals surface area contributed by atoms with Gasteiger partial charge < -0.3 is 24.7 Å². The van der Waals surface area contributed by atoms with Gasteiger partial charge in [0.15, 0.2) is 5.11 Å². The summed E-state index contributed by atoms with van der Waals surface area (Å²) in [4.78, 5) is 20.4. The van der Waals surface area contributed by atoms with Crippen LogP contribution in [0.1, 0.15) is 23.1 Å². The van der Waals surface area contributed by atoms with Gasteiger partial charge in [-0.15, -0.1) is 0 Å². The summed E-state index contributed by atoms with van der Waals surface area (Å²) in [5.41, 5.74) is 3.66. The smallest absolute Gasteiger partial charge is 0.253 e. The van der Waals surface area contributed by atoms with Gasteiger partial charge in [-0.2, -0.15) is 0 Å². The van der Waals surface area contributed by atoms with Crippen LogP contribution in [-0.4, -0.2) is 66.4 Å². The molecule has 7 nitrogen and oxygen atoms in total. The Labute approximate surface area is 212 Å². The van der Waals surface area contributed by atoms with Gasteiger partial charge in [-0.1, -0.05) is 24.3 Å². The molecule has 0 aliphatic carbocycles. The Morgan fingerprint density at radius 1 is 1.14 bits per heavy atom. The van der Waals surface area contributed by atoms with Crippen LogP contribution in [0.5, 0.6) is 5.75 Å². The topological polar surface area (TPSA) is 69.8 Å². The number of rotatable bonds is 9. The van der Waals surface area contributed by atoms with Crippen molar-refractivity contribution >= 4 is 28.2 Å². The maximum absolute atomic E-state index is 12.9. The number of nitrogens with one attached hydrogen (secondary N) is 2. The minimum absolute atomic E-state index is 0.0852. The lowest BCUT2D eigenvalue weighted by Crippen LogP contribution is -2.42. The highest BCUT2D eigenvalue weighted by molar-refractivity contribution is 7.80. The monoisotopic (exact) mass is 494 g/mol. The van der Waals surface area contributed by atoms with E-state index >= 15 is 0 Å². The van der Waals surface area contributed by atoms with Gasteiger partial charge in [0.05, 0.1) is 26.9 Å². The maximum Gasteiger partial charge on any atom is 0.253 e. The first-order chi connectivity index (χ1) is 17.0. The summed E-state index contributed by atoms with van der Waals surface area (Å²) in [5.74, 6) is 0.811. The summed E-state index contributed by atoms with van der Waals surface area (Å²) in [7, 11) is 1.66. The first kappa shape index (κ1) is 25.2. The third-order valence-corrected chi connectivity index (χ3v) is 6.69. The number of hydrogen-bond acceptors (Lipinski definition) is 5. The molecule has 1 aliphatic heterocycles. The minimum atomic E-state index is -0.0852. The molecule has 3 aromatic rings. The third kappa shape index (κ3) is 7.04. The van der Waals surface area contributed by atoms with Gasteiger partial charge >= 0.3 is 0 Å². The van der Waals surface area contributed by atoms with E-state index in [0.29, 0.717) is 23.8 Å². The Bertz CT molecular complexity index is 1190. The number of nitrogens with zero attached hydrogens (tertiary/aromatic N) is 2. The highest BCUT2D eigenvalue weighted by Gasteiger charge is 2.15. The lowest BCUT2D eigenvalue weighted by Gasteiger charge is -2.28. The van der Waals surface area contributed by atoms with Gasteiger partial charge in [0.25, 0.3) is 5.56 Å². The first-order valence-corrected chi connectivity index (χ1v) is 12.5. The molecule has 35 heavy (non-hydrogen) atoms. The van der Waals surface area contributed by atoms with Crippen molar-refractivity contribution in [2.24, 2.45) is 0 Å². The van der Waals surface area contributed by atoms with Gasteiger partial charge in [-0.05, 0) is 72.9 Å². The molecule has 0 spiro atoms. The summed E-state index contributed by atoms with van der Waals surface area (Å²) in [6, 6.07) is 16.0. The van der Waals surface area contributed by atoms with Gasteiger partial charge in [0, 0.05) is 37.3 Å². The molecular weight excluding hydrogens is 460 g/mol. The number of fused-ring (bicyclic) bond motifs is 1. The SMILES string of the molecule is COc1ccc(CN(Cc2cc3ccc(C)cc3[nH]c2=O)C(=S)NCCCN2CCOCC2)cc1. The molecule has 1 saturated heterocycles. The van der Waals surface area contributed by atoms with Gasteiger partial charge in [-0.3, -0.25) is 9.69 Å². The van der Waals surface area contributed by atoms with Crippen molar-refractivity contribution in [3.63, 3.8) is 0 Å². The molecule has 8 heteroatoms. The summed E-state index contributed by atoms with van der Waals surface area (Å²) in [6.45, 7) is 8.40. The Balaban J connectivity index is 1.46. The predicted octanol–water partition coefficient (Wildman–Crippen LogP) is 3.44. The standard InChI is InChI=1S/C27H34N4O3S/c1-20-4-7-22-17-23(26(32)29-25(22)16-20)19-31(18-21-5-8-24(33-2)9-6-21)27(35)28-10-3-11-30-12-14-34-15-13-30/h4-9,16-17H,3,10-15,18-19H2,1-2H3,(H,28,35)(H,29,32). The number of morpholine rings is 1. The summed E-state index contributed by atoms with van der Waals surface area (Å²) in [6.07, 6.45) is 0.992. The molecule has 2 aromatic carbocycles. The Kier molecular flexibility index (Phi) is 8.74. The van der Waals surface area contributed by atoms with Gasteiger partial charge in [0.2, 0.25) is 0 Å². The quantitative estimate of drug-likeness (QED) is 0.349. The molecule has 186 valence electrons. The molecule has 2 heterocycles. The van der Waals surface area contributed by atoms with Gasteiger partial charge in [-0.25, -0.2) is 0 Å². The van der Waals surface area contributed by atoms with Crippen LogP contribution in [-0.2, 0) is 17.8 Å². The molecule has 0 atom stereocenters. The molecule has 4 rings (SSSR count). The fourth-order valence-electron chi connectivity index (χ4n) is 4.27. The third-order valence-electron chi connectivity index (χ3n) is 6.29. The predicted molar refractivity (Wildman–Crippen MR) is 144 cm³/mol. The molecule has 1 aromatic heterocycles. The number of H-pyrrole nitrogens is 1. The first-order valence-electron chi connectivity index (χ1n) is 12.1. The molecule has 0 unspecified atom stereocenters. The van der Waals surface area contributed by atoms with Crippen LogP contribution in [0.25, 0.3) is 10.9 Å². The van der Waals surface area contributed by atoms with Crippen molar-refractivity contribution < 1.29 is 9.47 Å². The summed E-state index contributed by atoms with van der Waals surface area (Å²) < 4.78 is 10.7. The van der Waals surface area contributed by atoms with Crippen molar-refractivity contribution in [1.82, 2.24) is 20.1 Å². The normalized spacial score (nSPS) is 14.1. The van der Waals surface area contributed by atoms with Crippen LogP contribution in [0.2, 0.25) is 0 Å². The van der Waals surface area contributed by atoms with E-state index in [1.807, 2.05) is 49.4 Å². The van der Waals surface area contributed by atoms with E-state index in [4.69, 9.17) is 21.7 Å². The van der Waals surface area contributed by atoms with Crippen LogP contribution < -0.4 is 15.6 Å². The average Bonchev–Trinajstić information content (AvgIpc) is 2.87. The van der Waals surface area contributed by atoms with E-state index in [0.717, 1.165) is 73.6 Å². The molecule has 0 saturated carbocycles. The van der Waals surface area contributed by atoms with E-state index in [-0.39, 0.29) is 5.56 Å². The largest absolute Gasteiger partial charge is 0.497 e.